The van der Waals surface area contributed by atoms with Crippen LogP contribution in [-0.4, -0.2) is 38.4 Å². The number of nitrogens with two attached hydrogens (primary N) is 1. The van der Waals surface area contributed by atoms with Gasteiger partial charge in [-0.3, -0.25) is 14.4 Å². The third-order valence-electron chi connectivity index (χ3n) is 3.66. The van der Waals surface area contributed by atoms with E-state index in [1.54, 1.807) is 48.7 Å². The van der Waals surface area contributed by atoms with Crippen LogP contribution in [0.4, 0.5) is 0 Å². The van der Waals surface area contributed by atoms with E-state index in [2.05, 4.69) is 27.2 Å². The van der Waals surface area contributed by atoms with E-state index in [1.807, 2.05) is 6.07 Å². The third-order valence-corrected chi connectivity index (χ3v) is 3.66. The maximum absolute atomic E-state index is 12.7. The van der Waals surface area contributed by atoms with E-state index in [1.165, 1.54) is 16.9 Å². The van der Waals surface area contributed by atoms with Gasteiger partial charge < -0.3 is 11.1 Å². The fraction of sp³-hybridized carbons (Fsp3) is 0.0500. The lowest BCUT2D eigenvalue weighted by atomic mass is 10.1. The Morgan fingerprint density at radius 3 is 2.43 bits per heavy atom. The first-order valence-corrected chi connectivity index (χ1v) is 8.23. The van der Waals surface area contributed by atoms with Gasteiger partial charge in [-0.1, -0.05) is 36.1 Å². The Morgan fingerprint density at radius 2 is 1.75 bits per heavy atom. The van der Waals surface area contributed by atoms with E-state index in [0.717, 1.165) is 0 Å². The molecule has 1 unspecified atom stereocenters. The highest BCUT2D eigenvalue weighted by Gasteiger charge is 2.25. The molecule has 0 aliphatic heterocycles. The van der Waals surface area contributed by atoms with Crippen molar-refractivity contribution in [3.8, 4) is 17.7 Å². The zero-order valence-corrected chi connectivity index (χ0v) is 14.6. The summed E-state index contributed by atoms with van der Waals surface area (Å²) in [6.45, 7) is 0. The topological polar surface area (TPSA) is 120 Å². The van der Waals surface area contributed by atoms with Crippen molar-refractivity contribution in [1.29, 1.82) is 0 Å². The van der Waals surface area contributed by atoms with Gasteiger partial charge in [-0.2, -0.15) is 5.10 Å². The number of ketones is 1. The Balaban J connectivity index is 1.87. The first kappa shape index (κ1) is 18.5. The number of benzene rings is 1. The number of nitrogens with one attached hydrogen (secondary N) is 1. The quantitative estimate of drug-likeness (QED) is 0.498. The van der Waals surface area contributed by atoms with Gasteiger partial charge in [0.25, 0.3) is 17.6 Å². The highest BCUT2D eigenvalue weighted by Crippen LogP contribution is 2.07. The average Bonchev–Trinajstić information content (AvgIpc) is 3.22. The van der Waals surface area contributed by atoms with Crippen LogP contribution in [0.5, 0.6) is 0 Å². The van der Waals surface area contributed by atoms with Crippen LogP contribution in [-0.2, 0) is 9.59 Å². The van der Waals surface area contributed by atoms with Gasteiger partial charge in [0.05, 0.1) is 6.20 Å². The van der Waals surface area contributed by atoms with Crippen LogP contribution in [0, 0.1) is 11.8 Å². The van der Waals surface area contributed by atoms with Gasteiger partial charge in [-0.05, 0) is 30.3 Å². The Bertz CT molecular complexity index is 1070. The number of pyridine rings is 1. The molecule has 0 spiro atoms. The van der Waals surface area contributed by atoms with E-state index in [-0.39, 0.29) is 5.69 Å². The second kappa shape index (κ2) is 8.42. The number of hydrogen-bond acceptors (Lipinski definition) is 5. The minimum Gasteiger partial charge on any atom is -0.363 e. The summed E-state index contributed by atoms with van der Waals surface area (Å²) in [4.78, 5) is 40.2. The number of hydrogen-bond donors (Lipinski definition) is 2. The zero-order chi connectivity index (χ0) is 19.9. The molecule has 1 aromatic carbocycles. The van der Waals surface area contributed by atoms with Crippen molar-refractivity contribution in [2.24, 2.45) is 5.73 Å². The molecule has 0 aliphatic rings. The van der Waals surface area contributed by atoms with Crippen LogP contribution in [0.2, 0.25) is 0 Å². The maximum Gasteiger partial charge on any atom is 0.288 e. The van der Waals surface area contributed by atoms with Gasteiger partial charge in [0, 0.05) is 11.8 Å². The molecule has 3 aromatic rings. The third kappa shape index (κ3) is 4.28. The van der Waals surface area contributed by atoms with Crippen LogP contribution < -0.4 is 11.1 Å². The van der Waals surface area contributed by atoms with Gasteiger partial charge in [0.2, 0.25) is 0 Å². The largest absolute Gasteiger partial charge is 0.363 e. The fourth-order valence-electron chi connectivity index (χ4n) is 2.33. The normalized spacial score (nSPS) is 11.0. The number of amides is 2. The molecule has 3 N–H and O–H groups in total. The Kier molecular flexibility index (Phi) is 5.58. The molecule has 138 valence electrons. The summed E-state index contributed by atoms with van der Waals surface area (Å²) >= 11 is 0. The van der Waals surface area contributed by atoms with Crippen molar-refractivity contribution in [3.05, 3.63) is 78.2 Å². The maximum atomic E-state index is 12.7. The number of rotatable bonds is 5. The SMILES string of the molecule is NC(=O)C(=O)C(C#Cc1ccccc1)NC(=O)c1ccnn1-c1ccccn1. The highest BCUT2D eigenvalue weighted by molar-refractivity contribution is 6.38. The van der Waals surface area contributed by atoms with Crippen molar-refractivity contribution < 1.29 is 14.4 Å². The number of nitrogens with zero attached hydrogens (tertiary/aromatic N) is 3. The molecule has 2 amide bonds. The molecule has 0 saturated carbocycles. The molecule has 0 radical (unpaired) electrons. The van der Waals surface area contributed by atoms with Crippen LogP contribution in [0.15, 0.2) is 67.0 Å². The first-order chi connectivity index (χ1) is 13.6. The molecule has 1 atom stereocenters. The van der Waals surface area contributed by atoms with Crippen molar-refractivity contribution in [1.82, 2.24) is 20.1 Å². The molecular weight excluding hydrogens is 358 g/mol. The van der Waals surface area contributed by atoms with Crippen molar-refractivity contribution >= 4 is 17.6 Å². The van der Waals surface area contributed by atoms with Crippen molar-refractivity contribution in [2.75, 3.05) is 0 Å². The second-order valence-corrected chi connectivity index (χ2v) is 5.59. The van der Waals surface area contributed by atoms with Gasteiger partial charge in [0.1, 0.15) is 5.69 Å². The number of Topliss-reactive ketones (excluding diaryl/α,β-unsaturated/α-hetero) is 1. The predicted molar refractivity (Wildman–Crippen MR) is 100 cm³/mol. The highest BCUT2D eigenvalue weighted by atomic mass is 16.2. The summed E-state index contributed by atoms with van der Waals surface area (Å²) in [5, 5.41) is 6.50. The predicted octanol–water partition coefficient (Wildman–Crippen LogP) is 0.472. The molecular formula is C20H15N5O3. The van der Waals surface area contributed by atoms with E-state index >= 15 is 0 Å². The lowest BCUT2D eigenvalue weighted by Gasteiger charge is -2.11. The van der Waals surface area contributed by atoms with Gasteiger partial charge >= 0.3 is 0 Å². The molecule has 0 aliphatic carbocycles. The molecule has 0 saturated heterocycles. The first-order valence-electron chi connectivity index (χ1n) is 8.23. The Labute approximate surface area is 160 Å². The lowest BCUT2D eigenvalue weighted by Crippen LogP contribution is -2.45. The molecule has 8 heteroatoms. The zero-order valence-electron chi connectivity index (χ0n) is 14.6. The summed E-state index contributed by atoms with van der Waals surface area (Å²) in [5.41, 5.74) is 5.84. The van der Waals surface area contributed by atoms with E-state index in [4.69, 9.17) is 5.73 Å². The van der Waals surface area contributed by atoms with E-state index in [0.29, 0.717) is 11.4 Å². The Hall–Kier alpha value is -4.25. The molecule has 8 nitrogen and oxygen atoms in total. The summed E-state index contributed by atoms with van der Waals surface area (Å²) < 4.78 is 1.31. The van der Waals surface area contributed by atoms with Gasteiger partial charge in [0.15, 0.2) is 11.9 Å². The minimum absolute atomic E-state index is 0.127. The average molecular weight is 373 g/mol. The van der Waals surface area contributed by atoms with Crippen LogP contribution in [0.25, 0.3) is 5.82 Å². The molecule has 0 fully saturated rings. The van der Waals surface area contributed by atoms with Crippen LogP contribution in [0.3, 0.4) is 0 Å². The van der Waals surface area contributed by atoms with Crippen LogP contribution in [0.1, 0.15) is 16.1 Å². The standard InChI is InChI=1S/C20H15N5O3/c21-19(27)18(26)15(10-9-14-6-2-1-3-7-14)24-20(28)16-11-13-23-25(16)17-8-4-5-12-22-17/h1-8,11-13,15H,(H2,21,27)(H,24,28). The number of carbonyl (C=O) groups is 3. The number of aromatic nitrogens is 3. The molecule has 28 heavy (non-hydrogen) atoms. The smallest absolute Gasteiger partial charge is 0.288 e. The summed E-state index contributed by atoms with van der Waals surface area (Å²) in [5.74, 6) is 2.91. The van der Waals surface area contributed by atoms with Crippen LogP contribution >= 0.6 is 0 Å². The van der Waals surface area contributed by atoms with Crippen molar-refractivity contribution in [2.45, 2.75) is 6.04 Å². The second-order valence-electron chi connectivity index (χ2n) is 5.59. The molecule has 0 bridgehead atoms. The van der Waals surface area contributed by atoms with E-state index < -0.39 is 23.6 Å². The summed E-state index contributed by atoms with van der Waals surface area (Å²) in [6, 6.07) is 14.1. The monoisotopic (exact) mass is 373 g/mol. The summed E-state index contributed by atoms with van der Waals surface area (Å²) in [6.07, 6.45) is 2.98. The number of primary amides is 1. The molecule has 3 rings (SSSR count). The number of carbonyl (C=O) groups excluding carboxylic acids is 3. The van der Waals surface area contributed by atoms with Gasteiger partial charge in [-0.15, -0.1) is 0 Å². The van der Waals surface area contributed by atoms with Gasteiger partial charge in [-0.25, -0.2) is 9.67 Å². The Morgan fingerprint density at radius 1 is 1.00 bits per heavy atom. The minimum atomic E-state index is -1.39. The fourth-order valence-corrected chi connectivity index (χ4v) is 2.33. The molecule has 2 heterocycles. The molecule has 2 aromatic heterocycles. The summed E-state index contributed by atoms with van der Waals surface area (Å²) in [7, 11) is 0. The lowest BCUT2D eigenvalue weighted by molar-refractivity contribution is -0.136. The van der Waals surface area contributed by atoms with E-state index in [9.17, 15) is 14.4 Å². The van der Waals surface area contributed by atoms with Crippen molar-refractivity contribution in [3.63, 3.8) is 0 Å².